The summed E-state index contributed by atoms with van der Waals surface area (Å²) in [6, 6.07) is 12.2. The van der Waals surface area contributed by atoms with Crippen molar-refractivity contribution in [2.75, 3.05) is 11.9 Å². The number of nitrogens with one attached hydrogen (secondary N) is 1. The zero-order chi connectivity index (χ0) is 18.2. The zero-order valence-electron chi connectivity index (χ0n) is 13.5. The number of rotatable bonds is 6. The third-order valence-corrected chi connectivity index (χ3v) is 3.17. The van der Waals surface area contributed by atoms with Gasteiger partial charge in [-0.05, 0) is 48.9 Å². The van der Waals surface area contributed by atoms with E-state index in [0.29, 0.717) is 16.8 Å². The van der Waals surface area contributed by atoms with Crippen LogP contribution in [0.4, 0.5) is 11.4 Å². The smallest absolute Gasteiger partial charge is 0.338 e. The van der Waals surface area contributed by atoms with Crippen molar-refractivity contribution in [1.82, 2.24) is 0 Å². The lowest BCUT2D eigenvalue weighted by Crippen LogP contribution is -2.09. The highest BCUT2D eigenvalue weighted by Gasteiger charge is 2.07. The van der Waals surface area contributed by atoms with E-state index in [0.717, 1.165) is 0 Å². The molecule has 1 amide bonds. The zero-order valence-corrected chi connectivity index (χ0v) is 13.5. The van der Waals surface area contributed by atoms with Crippen LogP contribution in [0.1, 0.15) is 22.8 Å². The Labute approximate surface area is 144 Å². The van der Waals surface area contributed by atoms with Crippen molar-refractivity contribution >= 4 is 29.3 Å². The number of hydrogen-bond acceptors (Lipinski definition) is 5. The molecule has 2 rings (SSSR count). The summed E-state index contributed by atoms with van der Waals surface area (Å²) in [5, 5.41) is 13.2. The fraction of sp³-hybridized carbons (Fsp3) is 0.111. The van der Waals surface area contributed by atoms with Crippen LogP contribution in [0.5, 0.6) is 0 Å². The highest BCUT2D eigenvalue weighted by atomic mass is 16.6. The van der Waals surface area contributed by atoms with Gasteiger partial charge in [0.1, 0.15) is 0 Å². The normalized spacial score (nSPS) is 10.4. The predicted octanol–water partition coefficient (Wildman–Crippen LogP) is 3.42. The molecule has 0 saturated carbocycles. The molecule has 0 atom stereocenters. The first-order valence-electron chi connectivity index (χ1n) is 7.50. The summed E-state index contributed by atoms with van der Waals surface area (Å²) in [6.45, 7) is 1.99. The van der Waals surface area contributed by atoms with E-state index >= 15 is 0 Å². The molecule has 0 aromatic heterocycles. The molecule has 0 fully saturated rings. The molecule has 25 heavy (non-hydrogen) atoms. The molecule has 1 N–H and O–H groups in total. The minimum atomic E-state index is -0.489. The largest absolute Gasteiger partial charge is 0.462 e. The van der Waals surface area contributed by atoms with E-state index in [2.05, 4.69) is 5.32 Å². The molecular weight excluding hydrogens is 324 g/mol. The fourth-order valence-corrected chi connectivity index (χ4v) is 2.00. The molecule has 0 spiro atoms. The van der Waals surface area contributed by atoms with Gasteiger partial charge in [0.05, 0.1) is 17.1 Å². The molecule has 7 heteroatoms. The lowest BCUT2D eigenvalue weighted by molar-refractivity contribution is -0.384. The molecule has 0 aliphatic carbocycles. The Morgan fingerprint density at radius 1 is 1.20 bits per heavy atom. The molecule has 7 nitrogen and oxygen atoms in total. The van der Waals surface area contributed by atoms with Gasteiger partial charge in [-0.2, -0.15) is 0 Å². The number of non-ortho nitro benzene ring substituents is 1. The van der Waals surface area contributed by atoms with E-state index in [1.54, 1.807) is 37.3 Å². The number of nitro benzene ring substituents is 1. The van der Waals surface area contributed by atoms with Crippen LogP contribution >= 0.6 is 0 Å². The van der Waals surface area contributed by atoms with Crippen molar-refractivity contribution in [2.24, 2.45) is 0 Å². The Balaban J connectivity index is 2.01. The maximum Gasteiger partial charge on any atom is 0.338 e. The first-order chi connectivity index (χ1) is 12.0. The van der Waals surface area contributed by atoms with E-state index in [1.165, 1.54) is 30.4 Å². The molecule has 0 aliphatic rings. The number of hydrogen-bond donors (Lipinski definition) is 1. The van der Waals surface area contributed by atoms with Crippen LogP contribution in [0.15, 0.2) is 54.6 Å². The number of carbonyl (C=O) groups excluding carboxylic acids is 2. The molecule has 0 saturated heterocycles. The molecule has 128 valence electrons. The van der Waals surface area contributed by atoms with E-state index in [-0.39, 0.29) is 18.2 Å². The average Bonchev–Trinajstić information content (AvgIpc) is 2.61. The number of benzene rings is 2. The van der Waals surface area contributed by atoms with Gasteiger partial charge < -0.3 is 10.1 Å². The first-order valence-corrected chi connectivity index (χ1v) is 7.50. The standard InChI is InChI=1S/C18H16N2O5/c1-2-25-18(22)14-4-3-5-15(12-14)19-17(21)11-8-13-6-9-16(10-7-13)20(23)24/h3-12H,2H2,1H3,(H,19,21). The molecule has 0 bridgehead atoms. The summed E-state index contributed by atoms with van der Waals surface area (Å²) in [5.41, 5.74) is 1.45. The van der Waals surface area contributed by atoms with Crippen LogP contribution < -0.4 is 5.32 Å². The molecule has 0 radical (unpaired) electrons. The summed E-state index contributed by atoms with van der Waals surface area (Å²) >= 11 is 0. The lowest BCUT2D eigenvalue weighted by Gasteiger charge is -2.05. The Kier molecular flexibility index (Phi) is 6.00. The summed E-state index contributed by atoms with van der Waals surface area (Å²) in [7, 11) is 0. The van der Waals surface area contributed by atoms with Gasteiger partial charge in [0.25, 0.3) is 5.69 Å². The van der Waals surface area contributed by atoms with Crippen molar-refractivity contribution in [2.45, 2.75) is 6.92 Å². The number of amides is 1. The van der Waals surface area contributed by atoms with Crippen LogP contribution in [0.3, 0.4) is 0 Å². The second-order valence-corrected chi connectivity index (χ2v) is 4.97. The molecule has 0 unspecified atom stereocenters. The number of ether oxygens (including phenoxy) is 1. The minimum absolute atomic E-state index is 0.0163. The molecule has 0 aliphatic heterocycles. The fourth-order valence-electron chi connectivity index (χ4n) is 2.00. The van der Waals surface area contributed by atoms with Crippen LogP contribution in [-0.2, 0) is 9.53 Å². The number of nitrogens with zero attached hydrogens (tertiary/aromatic N) is 1. The summed E-state index contributed by atoms with van der Waals surface area (Å²) in [6.07, 6.45) is 2.84. The van der Waals surface area contributed by atoms with Crippen molar-refractivity contribution in [3.8, 4) is 0 Å². The maximum atomic E-state index is 11.9. The first kappa shape index (κ1) is 17.9. The van der Waals surface area contributed by atoms with Gasteiger partial charge >= 0.3 is 5.97 Å². The second kappa shape index (κ2) is 8.39. The second-order valence-electron chi connectivity index (χ2n) is 4.97. The van der Waals surface area contributed by atoms with E-state index < -0.39 is 10.9 Å². The maximum absolute atomic E-state index is 11.9. The topological polar surface area (TPSA) is 98.5 Å². The van der Waals surface area contributed by atoms with Crippen molar-refractivity contribution in [3.05, 3.63) is 75.8 Å². The summed E-state index contributed by atoms with van der Waals surface area (Å²) in [4.78, 5) is 33.7. The van der Waals surface area contributed by atoms with Crippen LogP contribution in [0, 0.1) is 10.1 Å². The van der Waals surface area contributed by atoms with Gasteiger partial charge in [0.15, 0.2) is 0 Å². The van der Waals surface area contributed by atoms with Gasteiger partial charge in [-0.15, -0.1) is 0 Å². The Bertz CT molecular complexity index is 812. The van der Waals surface area contributed by atoms with Gasteiger partial charge in [0.2, 0.25) is 5.91 Å². The predicted molar refractivity (Wildman–Crippen MR) is 93.2 cm³/mol. The van der Waals surface area contributed by atoms with Crippen molar-refractivity contribution in [3.63, 3.8) is 0 Å². The molecule has 0 heterocycles. The van der Waals surface area contributed by atoms with Crippen LogP contribution in [0.2, 0.25) is 0 Å². The molecule has 2 aromatic rings. The van der Waals surface area contributed by atoms with Gasteiger partial charge in [-0.25, -0.2) is 4.79 Å². The Hall–Kier alpha value is -3.48. The Morgan fingerprint density at radius 2 is 1.92 bits per heavy atom. The third kappa shape index (κ3) is 5.28. The van der Waals surface area contributed by atoms with E-state index in [1.807, 2.05) is 0 Å². The summed E-state index contributed by atoms with van der Waals surface area (Å²) < 4.78 is 4.91. The van der Waals surface area contributed by atoms with Crippen molar-refractivity contribution < 1.29 is 19.2 Å². The Morgan fingerprint density at radius 3 is 2.56 bits per heavy atom. The minimum Gasteiger partial charge on any atom is -0.462 e. The number of anilines is 1. The number of esters is 1. The third-order valence-electron chi connectivity index (χ3n) is 3.17. The lowest BCUT2D eigenvalue weighted by atomic mass is 10.2. The number of nitro groups is 1. The quantitative estimate of drug-likeness (QED) is 0.376. The van der Waals surface area contributed by atoms with Gasteiger partial charge in [-0.1, -0.05) is 6.07 Å². The van der Waals surface area contributed by atoms with E-state index in [9.17, 15) is 19.7 Å². The van der Waals surface area contributed by atoms with Crippen LogP contribution in [0.25, 0.3) is 6.08 Å². The van der Waals surface area contributed by atoms with Gasteiger partial charge in [-0.3, -0.25) is 14.9 Å². The summed E-state index contributed by atoms with van der Waals surface area (Å²) in [5.74, 6) is -0.848. The average molecular weight is 340 g/mol. The van der Waals surface area contributed by atoms with Crippen molar-refractivity contribution in [1.29, 1.82) is 0 Å². The number of carbonyl (C=O) groups is 2. The highest BCUT2D eigenvalue weighted by molar-refractivity contribution is 6.02. The molecule has 2 aromatic carbocycles. The van der Waals surface area contributed by atoms with Crippen LogP contribution in [-0.4, -0.2) is 23.4 Å². The molecular formula is C18H16N2O5. The van der Waals surface area contributed by atoms with Gasteiger partial charge in [0, 0.05) is 23.9 Å². The highest BCUT2D eigenvalue weighted by Crippen LogP contribution is 2.14. The monoisotopic (exact) mass is 340 g/mol. The van der Waals surface area contributed by atoms with E-state index in [4.69, 9.17) is 4.74 Å². The SMILES string of the molecule is CCOC(=O)c1cccc(NC(=O)C=Cc2ccc([N+](=O)[O-])cc2)c1.